The van der Waals surface area contributed by atoms with Gasteiger partial charge in [-0.05, 0) is 60.4 Å². The highest BCUT2D eigenvalue weighted by Gasteiger charge is 2.08. The average molecular weight is 328 g/mol. The maximum absolute atomic E-state index is 13.2. The zero-order chi connectivity index (χ0) is 16.4. The molecule has 0 spiro atoms. The van der Waals surface area contributed by atoms with E-state index in [0.29, 0.717) is 17.1 Å². The summed E-state index contributed by atoms with van der Waals surface area (Å²) in [7, 11) is 0. The van der Waals surface area contributed by atoms with Gasteiger partial charge in [-0.2, -0.15) is 11.8 Å². The van der Waals surface area contributed by atoms with Gasteiger partial charge < -0.3 is 4.42 Å². The Kier molecular flexibility index (Phi) is 4.53. The molecule has 0 atom stereocenters. The number of thioether (sulfide) groups is 1. The molecule has 0 aliphatic carbocycles. The van der Waals surface area contributed by atoms with Crippen molar-refractivity contribution in [2.75, 3.05) is 0 Å². The molecule has 2 aromatic carbocycles. The fourth-order valence-electron chi connectivity index (χ4n) is 2.51. The van der Waals surface area contributed by atoms with Crippen LogP contribution in [0.5, 0.6) is 0 Å². The fraction of sp³-hybridized carbons (Fsp3) is 0.211. The van der Waals surface area contributed by atoms with Gasteiger partial charge in [-0.1, -0.05) is 12.1 Å². The standard InChI is InChI=1S/C19H17FO2S/c1-12-6-17-15(9-19(21)22-18(17)7-13(12)2)11-23-10-14-4-3-5-16(20)8-14/h3-9H,10-11H2,1-2H3. The fourth-order valence-corrected chi connectivity index (χ4v) is 3.48. The summed E-state index contributed by atoms with van der Waals surface area (Å²) in [6, 6.07) is 12.1. The van der Waals surface area contributed by atoms with Gasteiger partial charge in [0, 0.05) is 23.0 Å². The molecule has 23 heavy (non-hydrogen) atoms. The van der Waals surface area contributed by atoms with Crippen LogP contribution in [0, 0.1) is 19.7 Å². The second-order valence-corrected chi connectivity index (χ2v) is 6.63. The summed E-state index contributed by atoms with van der Waals surface area (Å²) >= 11 is 1.65. The van der Waals surface area contributed by atoms with Crippen molar-refractivity contribution in [1.82, 2.24) is 0 Å². The molecule has 1 aromatic heterocycles. The van der Waals surface area contributed by atoms with Gasteiger partial charge in [0.05, 0.1) is 0 Å². The van der Waals surface area contributed by atoms with E-state index in [9.17, 15) is 9.18 Å². The van der Waals surface area contributed by atoms with Crippen molar-refractivity contribution in [3.63, 3.8) is 0 Å². The molecule has 0 aliphatic heterocycles. The van der Waals surface area contributed by atoms with Gasteiger partial charge in [0.2, 0.25) is 0 Å². The van der Waals surface area contributed by atoms with Crippen molar-refractivity contribution >= 4 is 22.7 Å². The first-order valence-electron chi connectivity index (χ1n) is 7.39. The molecule has 0 saturated carbocycles. The Labute approximate surface area is 138 Å². The molecule has 118 valence electrons. The smallest absolute Gasteiger partial charge is 0.336 e. The molecular formula is C19H17FO2S. The van der Waals surface area contributed by atoms with E-state index >= 15 is 0 Å². The van der Waals surface area contributed by atoms with Gasteiger partial charge in [0.15, 0.2) is 0 Å². The number of hydrogen-bond donors (Lipinski definition) is 0. The molecule has 0 saturated heterocycles. The van der Waals surface area contributed by atoms with Crippen LogP contribution in [0.2, 0.25) is 0 Å². The highest BCUT2D eigenvalue weighted by Crippen LogP contribution is 2.26. The van der Waals surface area contributed by atoms with Crippen molar-refractivity contribution in [3.05, 3.63) is 81.0 Å². The van der Waals surface area contributed by atoms with E-state index in [-0.39, 0.29) is 11.4 Å². The Balaban J connectivity index is 1.85. The highest BCUT2D eigenvalue weighted by atomic mass is 32.2. The summed E-state index contributed by atoms with van der Waals surface area (Å²) in [5.74, 6) is 1.16. The lowest BCUT2D eigenvalue weighted by atomic mass is 10.0. The minimum atomic E-state index is -0.331. The molecule has 2 nitrogen and oxygen atoms in total. The summed E-state index contributed by atoms with van der Waals surface area (Å²) in [5.41, 5.74) is 4.46. The SMILES string of the molecule is Cc1cc2oc(=O)cc(CSCc3cccc(F)c3)c2cc1C. The third kappa shape index (κ3) is 3.64. The first kappa shape index (κ1) is 15.8. The summed E-state index contributed by atoms with van der Waals surface area (Å²) in [6.45, 7) is 4.05. The summed E-state index contributed by atoms with van der Waals surface area (Å²) in [5, 5.41) is 0.972. The molecule has 0 radical (unpaired) electrons. The first-order valence-corrected chi connectivity index (χ1v) is 8.54. The van der Waals surface area contributed by atoms with Gasteiger partial charge in [-0.25, -0.2) is 9.18 Å². The molecule has 1 heterocycles. The molecule has 0 bridgehead atoms. The lowest BCUT2D eigenvalue weighted by Gasteiger charge is -2.08. The molecule has 0 fully saturated rings. The van der Waals surface area contributed by atoms with Crippen LogP contribution in [0.3, 0.4) is 0 Å². The minimum absolute atomic E-state index is 0.222. The van der Waals surface area contributed by atoms with E-state index in [1.54, 1.807) is 23.9 Å². The summed E-state index contributed by atoms with van der Waals surface area (Å²) in [6.07, 6.45) is 0. The number of rotatable bonds is 4. The molecule has 4 heteroatoms. The highest BCUT2D eigenvalue weighted by molar-refractivity contribution is 7.97. The van der Waals surface area contributed by atoms with Crippen LogP contribution in [0.15, 0.2) is 51.7 Å². The Bertz CT molecular complexity index is 915. The third-order valence-corrected chi connectivity index (χ3v) is 4.91. The predicted molar refractivity (Wildman–Crippen MR) is 93.4 cm³/mol. The molecule has 0 unspecified atom stereocenters. The van der Waals surface area contributed by atoms with Crippen molar-refractivity contribution in [3.8, 4) is 0 Å². The molecule has 3 aromatic rings. The summed E-state index contributed by atoms with van der Waals surface area (Å²) in [4.78, 5) is 11.8. The molecule has 0 amide bonds. The minimum Gasteiger partial charge on any atom is -0.423 e. The molecular weight excluding hydrogens is 311 g/mol. The second-order valence-electron chi connectivity index (χ2n) is 5.65. The van der Waals surface area contributed by atoms with Gasteiger partial charge >= 0.3 is 5.63 Å². The monoisotopic (exact) mass is 328 g/mol. The number of benzene rings is 2. The van der Waals surface area contributed by atoms with Gasteiger partial charge in [0.1, 0.15) is 11.4 Å². The maximum atomic E-state index is 13.2. The van der Waals surface area contributed by atoms with Crippen molar-refractivity contribution in [1.29, 1.82) is 0 Å². The van der Waals surface area contributed by atoms with E-state index in [1.807, 2.05) is 26.0 Å². The Morgan fingerprint density at radius 1 is 1.04 bits per heavy atom. The van der Waals surface area contributed by atoms with Crippen LogP contribution in [-0.2, 0) is 11.5 Å². The van der Waals surface area contributed by atoms with Crippen LogP contribution in [-0.4, -0.2) is 0 Å². The molecule has 0 N–H and O–H groups in total. The van der Waals surface area contributed by atoms with Gasteiger partial charge in [-0.3, -0.25) is 0 Å². The Morgan fingerprint density at radius 2 is 1.83 bits per heavy atom. The van der Waals surface area contributed by atoms with Gasteiger partial charge in [0.25, 0.3) is 0 Å². The van der Waals surface area contributed by atoms with Crippen molar-refractivity contribution < 1.29 is 8.81 Å². The van der Waals surface area contributed by atoms with Crippen molar-refractivity contribution in [2.24, 2.45) is 0 Å². The van der Waals surface area contributed by atoms with Crippen LogP contribution in [0.4, 0.5) is 4.39 Å². The molecule has 3 rings (SSSR count). The maximum Gasteiger partial charge on any atom is 0.336 e. The van der Waals surface area contributed by atoms with E-state index in [1.165, 1.54) is 17.7 Å². The first-order chi connectivity index (χ1) is 11.0. The topological polar surface area (TPSA) is 30.2 Å². The van der Waals surface area contributed by atoms with Crippen molar-refractivity contribution in [2.45, 2.75) is 25.4 Å². The zero-order valence-corrected chi connectivity index (χ0v) is 13.9. The lowest BCUT2D eigenvalue weighted by molar-refractivity contribution is 0.559. The van der Waals surface area contributed by atoms with Crippen LogP contribution in [0.25, 0.3) is 11.0 Å². The zero-order valence-electron chi connectivity index (χ0n) is 13.1. The predicted octanol–water partition coefficient (Wildman–Crippen LogP) is 4.98. The van der Waals surface area contributed by atoms with E-state index in [0.717, 1.165) is 22.1 Å². The van der Waals surface area contributed by atoms with Crippen LogP contribution >= 0.6 is 11.8 Å². The number of fused-ring (bicyclic) bond motifs is 1. The van der Waals surface area contributed by atoms with Crippen LogP contribution in [0.1, 0.15) is 22.3 Å². The average Bonchev–Trinajstić information content (AvgIpc) is 2.49. The second kappa shape index (κ2) is 6.59. The molecule has 0 aliphatic rings. The van der Waals surface area contributed by atoms with E-state index < -0.39 is 0 Å². The lowest BCUT2D eigenvalue weighted by Crippen LogP contribution is -2.01. The van der Waals surface area contributed by atoms with Crippen LogP contribution < -0.4 is 5.63 Å². The van der Waals surface area contributed by atoms with E-state index in [4.69, 9.17) is 4.42 Å². The summed E-state index contributed by atoms with van der Waals surface area (Å²) < 4.78 is 18.5. The number of aryl methyl sites for hydroxylation is 2. The normalized spacial score (nSPS) is 11.1. The Hall–Kier alpha value is -2.07. The van der Waals surface area contributed by atoms with Gasteiger partial charge in [-0.15, -0.1) is 0 Å². The largest absolute Gasteiger partial charge is 0.423 e. The van der Waals surface area contributed by atoms with E-state index in [2.05, 4.69) is 6.07 Å². The third-order valence-electron chi connectivity index (χ3n) is 3.86. The quantitative estimate of drug-likeness (QED) is 0.633. The number of hydrogen-bond acceptors (Lipinski definition) is 3. The Morgan fingerprint density at radius 3 is 2.61 bits per heavy atom. The number of halogens is 1.